The molecule has 0 heterocycles. The molecule has 90 valence electrons. The van der Waals surface area contributed by atoms with Crippen LogP contribution >= 0.6 is 0 Å². The van der Waals surface area contributed by atoms with Gasteiger partial charge >= 0.3 is 17.3 Å². The number of nitrogen functional groups attached to an aromatic ring is 1. The second-order valence-electron chi connectivity index (χ2n) is 2.90. The van der Waals surface area contributed by atoms with E-state index in [0.717, 1.165) is 19.2 Å². The highest BCUT2D eigenvalue weighted by atomic mass is 16.6. The van der Waals surface area contributed by atoms with Crippen molar-refractivity contribution >= 4 is 23.0 Å². The monoisotopic (exact) mass is 241 g/mol. The van der Waals surface area contributed by atoms with Crippen LogP contribution in [-0.4, -0.2) is 22.9 Å². The Bertz CT molecular complexity index is 512. The number of anilines is 1. The van der Waals surface area contributed by atoms with E-state index in [1.165, 1.54) is 0 Å². The number of nitrogens with two attached hydrogens (primary N) is 1. The van der Waals surface area contributed by atoms with E-state index >= 15 is 0 Å². The van der Waals surface area contributed by atoms with E-state index in [-0.39, 0.29) is 5.56 Å². The van der Waals surface area contributed by atoms with Crippen LogP contribution in [0.5, 0.6) is 0 Å². The van der Waals surface area contributed by atoms with Gasteiger partial charge in [-0.05, 0) is 6.07 Å². The highest BCUT2D eigenvalue weighted by Crippen LogP contribution is 2.35. The van der Waals surface area contributed by atoms with Gasteiger partial charge in [-0.2, -0.15) is 0 Å². The van der Waals surface area contributed by atoms with Crippen molar-refractivity contribution in [3.8, 4) is 0 Å². The molecule has 0 aromatic heterocycles. The van der Waals surface area contributed by atoms with E-state index in [1.54, 1.807) is 0 Å². The lowest BCUT2D eigenvalue weighted by molar-refractivity contribution is -0.421. The van der Waals surface area contributed by atoms with Crippen LogP contribution in [0.2, 0.25) is 0 Å². The van der Waals surface area contributed by atoms with Gasteiger partial charge in [0.2, 0.25) is 0 Å². The highest BCUT2D eigenvalue weighted by molar-refractivity contribution is 5.98. The standard InChI is InChI=1S/C8H7N3O6/c1-17-8(12)4-2-3-5(10(13)14)7(6(4)9)11(15)16/h2-3H,9H2,1H3. The first-order valence-electron chi connectivity index (χ1n) is 4.19. The molecule has 0 bridgehead atoms. The Morgan fingerprint density at radius 2 is 1.88 bits per heavy atom. The topological polar surface area (TPSA) is 139 Å². The van der Waals surface area contributed by atoms with Crippen LogP contribution in [-0.2, 0) is 4.74 Å². The van der Waals surface area contributed by atoms with Gasteiger partial charge in [0, 0.05) is 6.07 Å². The fourth-order valence-corrected chi connectivity index (χ4v) is 1.22. The van der Waals surface area contributed by atoms with Gasteiger partial charge < -0.3 is 10.5 Å². The normalized spacial score (nSPS) is 9.71. The van der Waals surface area contributed by atoms with Gasteiger partial charge in [0.25, 0.3) is 0 Å². The van der Waals surface area contributed by atoms with Crippen LogP contribution in [0.3, 0.4) is 0 Å². The number of ether oxygens (including phenoxy) is 1. The quantitative estimate of drug-likeness (QED) is 0.358. The minimum absolute atomic E-state index is 0.287. The first-order valence-corrected chi connectivity index (χ1v) is 4.19. The maximum absolute atomic E-state index is 11.2. The molecule has 0 unspecified atom stereocenters. The molecule has 0 aliphatic rings. The molecular weight excluding hydrogens is 234 g/mol. The van der Waals surface area contributed by atoms with Crippen molar-refractivity contribution in [3.05, 3.63) is 37.9 Å². The molecule has 0 aliphatic carbocycles. The van der Waals surface area contributed by atoms with Gasteiger partial charge in [-0.3, -0.25) is 20.2 Å². The van der Waals surface area contributed by atoms with Crippen molar-refractivity contribution in [1.29, 1.82) is 0 Å². The van der Waals surface area contributed by atoms with E-state index in [9.17, 15) is 25.0 Å². The smallest absolute Gasteiger partial charge is 0.369 e. The van der Waals surface area contributed by atoms with Crippen LogP contribution in [0, 0.1) is 20.2 Å². The zero-order valence-electron chi connectivity index (χ0n) is 8.58. The number of nitro groups is 2. The summed E-state index contributed by atoms with van der Waals surface area (Å²) in [5.74, 6) is -0.902. The summed E-state index contributed by atoms with van der Waals surface area (Å²) in [7, 11) is 1.06. The molecule has 17 heavy (non-hydrogen) atoms. The molecule has 1 rings (SSSR count). The number of nitrogens with zero attached hydrogens (tertiary/aromatic N) is 2. The molecule has 9 nitrogen and oxygen atoms in total. The third kappa shape index (κ3) is 2.12. The zero-order valence-corrected chi connectivity index (χ0v) is 8.58. The maximum atomic E-state index is 11.2. The second kappa shape index (κ2) is 4.43. The Morgan fingerprint density at radius 1 is 1.29 bits per heavy atom. The maximum Gasteiger partial charge on any atom is 0.369 e. The van der Waals surface area contributed by atoms with Crippen LogP contribution < -0.4 is 5.73 Å². The molecule has 9 heteroatoms. The molecule has 0 radical (unpaired) electrons. The molecular formula is C8H7N3O6. The number of carbonyl (C=O) groups excluding carboxylic acids is 1. The summed E-state index contributed by atoms with van der Waals surface area (Å²) in [5.41, 5.74) is 2.78. The molecule has 0 spiro atoms. The summed E-state index contributed by atoms with van der Waals surface area (Å²) >= 11 is 0. The Balaban J connectivity index is 3.55. The van der Waals surface area contributed by atoms with Crippen LogP contribution in [0.4, 0.5) is 17.1 Å². The van der Waals surface area contributed by atoms with Gasteiger partial charge in [0.05, 0.1) is 22.5 Å². The number of methoxy groups -OCH3 is 1. The SMILES string of the molecule is COC(=O)c1ccc([N+](=O)[O-])c([N+](=O)[O-])c1N. The lowest BCUT2D eigenvalue weighted by Crippen LogP contribution is -2.09. The number of hydrogen-bond donors (Lipinski definition) is 1. The summed E-state index contributed by atoms with van der Waals surface area (Å²) in [6, 6.07) is 1.84. The van der Waals surface area contributed by atoms with Crippen molar-refractivity contribution < 1.29 is 19.4 Å². The zero-order chi connectivity index (χ0) is 13.2. The number of hydrogen-bond acceptors (Lipinski definition) is 7. The van der Waals surface area contributed by atoms with Crippen molar-refractivity contribution in [3.63, 3.8) is 0 Å². The molecule has 2 N–H and O–H groups in total. The third-order valence-electron chi connectivity index (χ3n) is 1.98. The largest absolute Gasteiger partial charge is 0.465 e. The fraction of sp³-hybridized carbons (Fsp3) is 0.125. The first-order chi connectivity index (χ1) is 7.90. The van der Waals surface area contributed by atoms with E-state index in [1.807, 2.05) is 0 Å². The minimum atomic E-state index is -1.01. The van der Waals surface area contributed by atoms with Gasteiger partial charge in [-0.1, -0.05) is 0 Å². The van der Waals surface area contributed by atoms with Gasteiger partial charge in [-0.25, -0.2) is 4.79 Å². The van der Waals surface area contributed by atoms with E-state index in [4.69, 9.17) is 5.73 Å². The second-order valence-corrected chi connectivity index (χ2v) is 2.90. The molecule has 1 aromatic carbocycles. The minimum Gasteiger partial charge on any atom is -0.465 e. The molecule has 0 saturated carbocycles. The summed E-state index contributed by atoms with van der Waals surface area (Å²) in [5, 5.41) is 21.2. The predicted molar refractivity (Wildman–Crippen MR) is 55.5 cm³/mol. The average molecular weight is 241 g/mol. The Hall–Kier alpha value is -2.71. The molecule has 0 amide bonds. The van der Waals surface area contributed by atoms with E-state index < -0.39 is 32.9 Å². The molecule has 1 aromatic rings. The number of carbonyl (C=O) groups is 1. The summed E-state index contributed by atoms with van der Waals surface area (Å²) in [6.45, 7) is 0. The summed E-state index contributed by atoms with van der Waals surface area (Å²) in [6.07, 6.45) is 0. The Kier molecular flexibility index (Phi) is 3.22. The molecule has 0 fully saturated rings. The van der Waals surface area contributed by atoms with Crippen LogP contribution in [0.25, 0.3) is 0 Å². The average Bonchev–Trinajstić information content (AvgIpc) is 2.26. The predicted octanol–water partition coefficient (Wildman–Crippen LogP) is 0.872. The molecule has 0 aliphatic heterocycles. The lowest BCUT2D eigenvalue weighted by Gasteiger charge is -2.04. The Labute approximate surface area is 94.1 Å². The number of esters is 1. The molecule has 0 atom stereocenters. The van der Waals surface area contributed by atoms with E-state index in [2.05, 4.69) is 4.74 Å². The van der Waals surface area contributed by atoms with Gasteiger partial charge in [0.15, 0.2) is 0 Å². The van der Waals surface area contributed by atoms with Crippen LogP contribution in [0.1, 0.15) is 10.4 Å². The van der Waals surface area contributed by atoms with Crippen molar-refractivity contribution in [2.75, 3.05) is 12.8 Å². The first kappa shape index (κ1) is 12.4. The number of rotatable bonds is 3. The Morgan fingerprint density at radius 3 is 2.29 bits per heavy atom. The van der Waals surface area contributed by atoms with Crippen LogP contribution in [0.15, 0.2) is 12.1 Å². The van der Waals surface area contributed by atoms with Gasteiger partial charge in [0.1, 0.15) is 5.69 Å². The fourth-order valence-electron chi connectivity index (χ4n) is 1.22. The van der Waals surface area contributed by atoms with Gasteiger partial charge in [-0.15, -0.1) is 0 Å². The number of benzene rings is 1. The van der Waals surface area contributed by atoms with Crippen molar-refractivity contribution in [1.82, 2.24) is 0 Å². The summed E-state index contributed by atoms with van der Waals surface area (Å²) < 4.78 is 4.34. The lowest BCUT2D eigenvalue weighted by atomic mass is 10.1. The number of nitro benzene ring substituents is 2. The highest BCUT2D eigenvalue weighted by Gasteiger charge is 2.31. The van der Waals surface area contributed by atoms with E-state index in [0.29, 0.717) is 0 Å². The van der Waals surface area contributed by atoms with Crippen molar-refractivity contribution in [2.24, 2.45) is 0 Å². The summed E-state index contributed by atoms with van der Waals surface area (Å²) in [4.78, 5) is 30.5. The molecule has 0 saturated heterocycles. The van der Waals surface area contributed by atoms with Crippen molar-refractivity contribution in [2.45, 2.75) is 0 Å². The third-order valence-corrected chi connectivity index (χ3v) is 1.98.